The van der Waals surface area contributed by atoms with Crippen LogP contribution in [0.2, 0.25) is 0 Å². The lowest BCUT2D eigenvalue weighted by Gasteiger charge is -2.13. The van der Waals surface area contributed by atoms with Crippen LogP contribution in [0.15, 0.2) is 48.9 Å². The minimum absolute atomic E-state index is 0.288. The third kappa shape index (κ3) is 3.05. The highest BCUT2D eigenvalue weighted by Gasteiger charge is 2.12. The van der Waals surface area contributed by atoms with Crippen LogP contribution in [0.5, 0.6) is 0 Å². The summed E-state index contributed by atoms with van der Waals surface area (Å²) in [6.45, 7) is 7.90. The number of nitrogens with one attached hydrogen (secondary N) is 1. The highest BCUT2D eigenvalue weighted by Crippen LogP contribution is 2.27. The molecule has 0 radical (unpaired) electrons. The van der Waals surface area contributed by atoms with Crippen molar-refractivity contribution in [2.75, 3.05) is 5.32 Å². The molecule has 25 heavy (non-hydrogen) atoms. The fourth-order valence-corrected chi connectivity index (χ4v) is 2.88. The zero-order valence-corrected chi connectivity index (χ0v) is 14.8. The smallest absolute Gasteiger partial charge is 0.157 e. The molecule has 0 spiro atoms. The average molecular weight is 336 g/mol. The summed E-state index contributed by atoms with van der Waals surface area (Å²) < 4.78 is 15.7. The second-order valence-electron chi connectivity index (χ2n) is 5.64. The molecule has 2 aromatic heterocycles. The number of hydrogen-bond donors (Lipinski definition) is 1. The van der Waals surface area contributed by atoms with Gasteiger partial charge in [-0.25, -0.2) is 14.4 Å². The predicted octanol–water partition coefficient (Wildman–Crippen LogP) is 5.41. The fraction of sp³-hybridized carbons (Fsp3) is 0.200. The topological polar surface area (TPSA) is 42.2 Å². The summed E-state index contributed by atoms with van der Waals surface area (Å²) in [6, 6.07) is 10.9. The zero-order valence-electron chi connectivity index (χ0n) is 14.8. The Labute approximate surface area is 146 Å². The van der Waals surface area contributed by atoms with E-state index in [0.717, 1.165) is 27.8 Å². The van der Waals surface area contributed by atoms with Crippen LogP contribution in [-0.2, 0) is 0 Å². The van der Waals surface area contributed by atoms with E-state index in [2.05, 4.69) is 15.3 Å². The monoisotopic (exact) mass is 336 g/mol. The molecule has 0 bridgehead atoms. The Balaban J connectivity index is 0.000000880. The molecule has 128 valence electrons. The van der Waals surface area contributed by atoms with Gasteiger partial charge in [0.1, 0.15) is 11.3 Å². The van der Waals surface area contributed by atoms with Crippen LogP contribution in [0, 0.1) is 19.7 Å². The minimum Gasteiger partial charge on any atom is -0.338 e. The third-order valence-corrected chi connectivity index (χ3v) is 4.00. The van der Waals surface area contributed by atoms with Gasteiger partial charge in [0.25, 0.3) is 0 Å². The van der Waals surface area contributed by atoms with Gasteiger partial charge in [0.2, 0.25) is 0 Å². The quantitative estimate of drug-likeness (QED) is 0.532. The van der Waals surface area contributed by atoms with Crippen LogP contribution in [0.4, 0.5) is 15.9 Å². The summed E-state index contributed by atoms with van der Waals surface area (Å²) in [6.07, 6.45) is 3.49. The lowest BCUT2D eigenvalue weighted by molar-refractivity contribution is 0.628. The van der Waals surface area contributed by atoms with Gasteiger partial charge in [-0.3, -0.25) is 4.40 Å². The molecule has 0 amide bonds. The normalized spacial score (nSPS) is 10.6. The molecular weight excluding hydrogens is 315 g/mol. The molecule has 0 unspecified atom stereocenters. The van der Waals surface area contributed by atoms with E-state index < -0.39 is 0 Å². The van der Waals surface area contributed by atoms with Gasteiger partial charge in [-0.05, 0) is 37.1 Å². The number of aromatic nitrogens is 3. The Morgan fingerprint density at radius 2 is 1.80 bits per heavy atom. The summed E-state index contributed by atoms with van der Waals surface area (Å²) in [5.41, 5.74) is 5.24. The number of aryl methyl sites for hydroxylation is 2. The number of rotatable bonds is 2. The Morgan fingerprint density at radius 1 is 1.04 bits per heavy atom. The van der Waals surface area contributed by atoms with Crippen molar-refractivity contribution in [2.24, 2.45) is 0 Å². The van der Waals surface area contributed by atoms with E-state index in [1.54, 1.807) is 12.5 Å². The van der Waals surface area contributed by atoms with Crippen molar-refractivity contribution in [3.8, 4) is 0 Å². The molecule has 0 saturated heterocycles. The average Bonchev–Trinajstić information content (AvgIpc) is 3.08. The summed E-state index contributed by atoms with van der Waals surface area (Å²) in [5, 5.41) is 3.34. The minimum atomic E-state index is -0.288. The molecule has 2 aromatic carbocycles. The molecule has 4 nitrogen and oxygen atoms in total. The van der Waals surface area contributed by atoms with E-state index in [9.17, 15) is 4.39 Å². The maximum absolute atomic E-state index is 13.8. The second-order valence-corrected chi connectivity index (χ2v) is 5.64. The van der Waals surface area contributed by atoms with Gasteiger partial charge < -0.3 is 5.32 Å². The lowest BCUT2D eigenvalue weighted by atomic mass is 10.2. The van der Waals surface area contributed by atoms with E-state index in [-0.39, 0.29) is 5.82 Å². The Hall–Kier alpha value is -2.95. The van der Waals surface area contributed by atoms with Crippen molar-refractivity contribution < 1.29 is 4.39 Å². The van der Waals surface area contributed by atoms with Gasteiger partial charge in [0, 0.05) is 11.8 Å². The summed E-state index contributed by atoms with van der Waals surface area (Å²) in [5.74, 6) is 0.373. The van der Waals surface area contributed by atoms with Crippen molar-refractivity contribution in [1.82, 2.24) is 14.4 Å². The van der Waals surface area contributed by atoms with Crippen LogP contribution in [0.3, 0.4) is 0 Å². The first-order valence-electron chi connectivity index (χ1n) is 8.38. The molecule has 0 fully saturated rings. The number of fused-ring (bicyclic) bond motifs is 3. The second kappa shape index (κ2) is 6.89. The van der Waals surface area contributed by atoms with Crippen LogP contribution in [0.25, 0.3) is 16.6 Å². The molecule has 5 heteroatoms. The van der Waals surface area contributed by atoms with Gasteiger partial charge in [-0.1, -0.05) is 32.0 Å². The maximum atomic E-state index is 13.8. The standard InChI is InChI=1S/C18H15FN4.C2H6/c1-11-5-3-4-6-14(11)21-18-16-9-20-10-23(16)17-12(2)7-13(19)8-15(17)22-18;1-2/h3-10H,1-2H3,(H,21,22);1-2H3. The van der Waals surface area contributed by atoms with Gasteiger partial charge in [-0.2, -0.15) is 0 Å². The first kappa shape index (κ1) is 16.9. The van der Waals surface area contributed by atoms with E-state index in [1.165, 1.54) is 12.1 Å². The van der Waals surface area contributed by atoms with E-state index in [4.69, 9.17) is 0 Å². The molecular formula is C20H21FN4. The van der Waals surface area contributed by atoms with Gasteiger partial charge in [0.15, 0.2) is 5.82 Å². The summed E-state index contributed by atoms with van der Waals surface area (Å²) >= 11 is 0. The number of para-hydroxylation sites is 1. The summed E-state index contributed by atoms with van der Waals surface area (Å²) in [7, 11) is 0. The van der Waals surface area contributed by atoms with Gasteiger partial charge in [0.05, 0.1) is 23.6 Å². The van der Waals surface area contributed by atoms with Crippen molar-refractivity contribution in [1.29, 1.82) is 0 Å². The Kier molecular flexibility index (Phi) is 4.65. The number of nitrogens with zero attached hydrogens (tertiary/aromatic N) is 3. The molecule has 0 aliphatic heterocycles. The molecule has 2 heterocycles. The van der Waals surface area contributed by atoms with Crippen molar-refractivity contribution in [2.45, 2.75) is 27.7 Å². The molecule has 4 aromatic rings. The Morgan fingerprint density at radius 3 is 2.56 bits per heavy atom. The van der Waals surface area contributed by atoms with E-state index in [1.807, 2.05) is 56.4 Å². The lowest BCUT2D eigenvalue weighted by Crippen LogP contribution is -2.01. The van der Waals surface area contributed by atoms with Crippen LogP contribution >= 0.6 is 0 Å². The number of halogens is 1. The van der Waals surface area contributed by atoms with Crippen molar-refractivity contribution in [3.05, 3.63) is 65.9 Å². The maximum Gasteiger partial charge on any atom is 0.157 e. The highest BCUT2D eigenvalue weighted by molar-refractivity contribution is 5.87. The fourth-order valence-electron chi connectivity index (χ4n) is 2.88. The predicted molar refractivity (Wildman–Crippen MR) is 101 cm³/mol. The van der Waals surface area contributed by atoms with E-state index in [0.29, 0.717) is 11.3 Å². The highest BCUT2D eigenvalue weighted by atomic mass is 19.1. The number of imidazole rings is 1. The van der Waals surface area contributed by atoms with Crippen molar-refractivity contribution >= 4 is 28.1 Å². The van der Waals surface area contributed by atoms with Crippen LogP contribution in [0.1, 0.15) is 25.0 Å². The zero-order chi connectivity index (χ0) is 18.0. The molecule has 0 saturated carbocycles. The molecule has 0 atom stereocenters. The molecule has 4 rings (SSSR count). The molecule has 1 N–H and O–H groups in total. The van der Waals surface area contributed by atoms with Crippen molar-refractivity contribution in [3.63, 3.8) is 0 Å². The van der Waals surface area contributed by atoms with Gasteiger partial charge >= 0.3 is 0 Å². The van der Waals surface area contributed by atoms with Gasteiger partial charge in [-0.15, -0.1) is 0 Å². The number of anilines is 2. The number of hydrogen-bond acceptors (Lipinski definition) is 3. The summed E-state index contributed by atoms with van der Waals surface area (Å²) in [4.78, 5) is 8.85. The van der Waals surface area contributed by atoms with Crippen LogP contribution in [-0.4, -0.2) is 14.4 Å². The molecule has 0 aliphatic carbocycles. The first-order valence-corrected chi connectivity index (χ1v) is 8.38. The van der Waals surface area contributed by atoms with Crippen LogP contribution < -0.4 is 5.32 Å². The number of benzene rings is 2. The molecule has 0 aliphatic rings. The SMILES string of the molecule is CC.Cc1ccccc1Nc1nc2cc(F)cc(C)c2n2cncc12. The largest absolute Gasteiger partial charge is 0.338 e. The Bertz CT molecular complexity index is 1040. The first-order chi connectivity index (χ1) is 12.1. The van der Waals surface area contributed by atoms with E-state index >= 15 is 0 Å². The third-order valence-electron chi connectivity index (χ3n) is 4.00.